The second-order valence-corrected chi connectivity index (χ2v) is 4.76. The van der Waals surface area contributed by atoms with E-state index in [1.165, 1.54) is 43.7 Å². The van der Waals surface area contributed by atoms with Crippen molar-refractivity contribution in [2.75, 3.05) is 12.9 Å². The number of ether oxygens (including phenoxy) is 1. The van der Waals surface area contributed by atoms with E-state index in [0.717, 1.165) is 0 Å². The Morgan fingerprint density at radius 2 is 2.57 bits per heavy atom. The molecule has 1 rings (SSSR count). The largest absolute Gasteiger partial charge is 0.467 e. The van der Waals surface area contributed by atoms with Gasteiger partial charge in [-0.1, -0.05) is 11.8 Å². The normalized spacial score (nSPS) is 14.8. The van der Waals surface area contributed by atoms with Crippen molar-refractivity contribution in [2.24, 2.45) is 0 Å². The van der Waals surface area contributed by atoms with Crippen LogP contribution in [0.4, 0.5) is 0 Å². The summed E-state index contributed by atoms with van der Waals surface area (Å²) in [5.74, 6) is -0.441. The molecule has 7 heteroatoms. The predicted molar refractivity (Wildman–Crippen MR) is 53.3 cm³/mol. The molecule has 0 aliphatic carbocycles. The molecule has 0 amide bonds. The molecular formula is C7H10N2O3S2. The highest BCUT2D eigenvalue weighted by Gasteiger charge is 2.31. The first-order valence-corrected chi connectivity index (χ1v) is 5.52. The van der Waals surface area contributed by atoms with Crippen molar-refractivity contribution in [2.45, 2.75) is 16.9 Å². The average molecular weight is 234 g/mol. The van der Waals surface area contributed by atoms with E-state index >= 15 is 0 Å². The van der Waals surface area contributed by atoms with Crippen LogP contribution >= 0.6 is 23.3 Å². The Labute approximate surface area is 89.7 Å². The molecule has 1 N–H and O–H groups in total. The molecule has 0 aromatic carbocycles. The van der Waals surface area contributed by atoms with Crippen LogP contribution < -0.4 is 0 Å². The molecule has 0 radical (unpaired) electrons. The van der Waals surface area contributed by atoms with Crippen molar-refractivity contribution in [3.8, 4) is 0 Å². The Morgan fingerprint density at radius 1 is 1.86 bits per heavy atom. The van der Waals surface area contributed by atoms with Gasteiger partial charge in [-0.3, -0.25) is 0 Å². The molecule has 0 bridgehead atoms. The maximum absolute atomic E-state index is 11.1. The van der Waals surface area contributed by atoms with Gasteiger partial charge in [0.15, 0.2) is 9.94 Å². The lowest BCUT2D eigenvalue weighted by atomic mass is 10.1. The molecular weight excluding hydrogens is 224 g/mol. The molecule has 0 saturated carbocycles. The lowest BCUT2D eigenvalue weighted by molar-refractivity contribution is -0.158. The van der Waals surface area contributed by atoms with Gasteiger partial charge in [0.25, 0.3) is 0 Å². The number of esters is 1. The molecule has 5 nitrogen and oxygen atoms in total. The minimum atomic E-state index is -1.48. The Morgan fingerprint density at radius 3 is 3.07 bits per heavy atom. The number of rotatable bonds is 4. The fourth-order valence-electron chi connectivity index (χ4n) is 0.708. The number of carbonyl (C=O) groups excluding carboxylic acids is 1. The SMILES string of the molecule is COC(=O)C(C)(O)CSc1ncns1. The van der Waals surface area contributed by atoms with Crippen molar-refractivity contribution < 1.29 is 14.6 Å². The molecule has 0 fully saturated rings. The molecule has 1 aromatic rings. The van der Waals surface area contributed by atoms with E-state index in [4.69, 9.17) is 0 Å². The van der Waals surface area contributed by atoms with Crippen molar-refractivity contribution in [1.29, 1.82) is 0 Å². The Kier molecular flexibility index (Phi) is 3.85. The molecule has 0 aliphatic heterocycles. The fraction of sp³-hybridized carbons (Fsp3) is 0.571. The van der Waals surface area contributed by atoms with Gasteiger partial charge >= 0.3 is 5.97 Å². The molecule has 1 aromatic heterocycles. The minimum Gasteiger partial charge on any atom is -0.467 e. The highest BCUT2D eigenvalue weighted by molar-refractivity contribution is 8.01. The summed E-state index contributed by atoms with van der Waals surface area (Å²) in [6.07, 6.45) is 1.43. The van der Waals surface area contributed by atoms with E-state index < -0.39 is 11.6 Å². The summed E-state index contributed by atoms with van der Waals surface area (Å²) in [6.45, 7) is 1.41. The third kappa shape index (κ3) is 2.93. The summed E-state index contributed by atoms with van der Waals surface area (Å²) in [7, 11) is 1.24. The van der Waals surface area contributed by atoms with E-state index in [1.54, 1.807) is 0 Å². The molecule has 78 valence electrons. The van der Waals surface area contributed by atoms with Gasteiger partial charge in [0.05, 0.1) is 7.11 Å². The lowest BCUT2D eigenvalue weighted by Crippen LogP contribution is -2.38. The fourth-order valence-corrected chi connectivity index (χ4v) is 2.15. The highest BCUT2D eigenvalue weighted by atomic mass is 32.2. The summed E-state index contributed by atoms with van der Waals surface area (Å²) in [4.78, 5) is 15.0. The zero-order valence-electron chi connectivity index (χ0n) is 7.76. The maximum atomic E-state index is 11.1. The number of hydrogen-bond acceptors (Lipinski definition) is 7. The van der Waals surface area contributed by atoms with Crippen molar-refractivity contribution in [3.05, 3.63) is 6.33 Å². The Balaban J connectivity index is 2.48. The van der Waals surface area contributed by atoms with E-state index in [-0.39, 0.29) is 5.75 Å². The van der Waals surface area contributed by atoms with E-state index in [2.05, 4.69) is 14.1 Å². The predicted octanol–water partition coefficient (Wildman–Crippen LogP) is 0.554. The molecule has 0 spiro atoms. The average Bonchev–Trinajstić information content (AvgIpc) is 2.66. The van der Waals surface area contributed by atoms with Gasteiger partial charge in [0.1, 0.15) is 6.33 Å². The topological polar surface area (TPSA) is 72.3 Å². The molecule has 1 atom stereocenters. The number of hydrogen-bond donors (Lipinski definition) is 1. The van der Waals surface area contributed by atoms with Crippen LogP contribution in [-0.4, -0.2) is 38.9 Å². The van der Waals surface area contributed by atoms with Crippen molar-refractivity contribution in [1.82, 2.24) is 9.36 Å². The molecule has 0 aliphatic rings. The second kappa shape index (κ2) is 4.72. The van der Waals surface area contributed by atoms with E-state index in [0.29, 0.717) is 4.34 Å². The van der Waals surface area contributed by atoms with Crippen LogP contribution in [0, 0.1) is 0 Å². The smallest absolute Gasteiger partial charge is 0.338 e. The van der Waals surface area contributed by atoms with E-state index in [1.807, 2.05) is 0 Å². The third-order valence-corrected chi connectivity index (χ3v) is 3.54. The lowest BCUT2D eigenvalue weighted by Gasteiger charge is -2.18. The van der Waals surface area contributed by atoms with Crippen LogP contribution in [0.2, 0.25) is 0 Å². The molecule has 1 unspecified atom stereocenters. The molecule has 14 heavy (non-hydrogen) atoms. The standard InChI is InChI=1S/C7H10N2O3S2/c1-7(11,5(10)12-2)3-13-6-8-4-9-14-6/h4,11H,3H2,1-2H3. The second-order valence-electron chi connectivity index (χ2n) is 2.76. The number of nitrogens with zero attached hydrogens (tertiary/aromatic N) is 2. The van der Waals surface area contributed by atoms with Gasteiger partial charge in [0, 0.05) is 5.75 Å². The van der Waals surface area contributed by atoms with Crippen LogP contribution in [0.25, 0.3) is 0 Å². The van der Waals surface area contributed by atoms with Gasteiger partial charge in [-0.2, -0.15) is 4.37 Å². The Hall–Kier alpha value is -0.660. The number of methoxy groups -OCH3 is 1. The number of thioether (sulfide) groups is 1. The van der Waals surface area contributed by atoms with Gasteiger partial charge in [-0.05, 0) is 18.5 Å². The van der Waals surface area contributed by atoms with Gasteiger partial charge < -0.3 is 9.84 Å². The summed E-state index contributed by atoms with van der Waals surface area (Å²) < 4.78 is 8.97. The van der Waals surface area contributed by atoms with Crippen molar-refractivity contribution in [3.63, 3.8) is 0 Å². The van der Waals surface area contributed by atoms with Crippen molar-refractivity contribution >= 4 is 29.3 Å². The van der Waals surface area contributed by atoms with Gasteiger partial charge in [0.2, 0.25) is 0 Å². The zero-order chi connectivity index (χ0) is 10.6. The van der Waals surface area contributed by atoms with Crippen LogP contribution in [0.3, 0.4) is 0 Å². The van der Waals surface area contributed by atoms with E-state index in [9.17, 15) is 9.90 Å². The first kappa shape index (κ1) is 11.4. The quantitative estimate of drug-likeness (QED) is 0.606. The Bertz CT molecular complexity index is 300. The first-order valence-electron chi connectivity index (χ1n) is 3.76. The number of aromatic nitrogens is 2. The first-order chi connectivity index (χ1) is 6.56. The minimum absolute atomic E-state index is 0.203. The van der Waals surface area contributed by atoms with Crippen LogP contribution in [0.5, 0.6) is 0 Å². The third-order valence-electron chi connectivity index (χ3n) is 1.44. The van der Waals surface area contributed by atoms with Crippen LogP contribution in [0.15, 0.2) is 10.7 Å². The number of carbonyl (C=O) groups is 1. The summed E-state index contributed by atoms with van der Waals surface area (Å²) in [5.41, 5.74) is -1.48. The molecule has 1 heterocycles. The monoisotopic (exact) mass is 234 g/mol. The summed E-state index contributed by atoms with van der Waals surface area (Å²) in [5, 5.41) is 9.64. The van der Waals surface area contributed by atoms with Crippen LogP contribution in [0.1, 0.15) is 6.92 Å². The van der Waals surface area contributed by atoms with Gasteiger partial charge in [-0.15, -0.1) is 0 Å². The summed E-state index contributed by atoms with van der Waals surface area (Å²) >= 11 is 2.49. The molecule has 0 saturated heterocycles. The van der Waals surface area contributed by atoms with Crippen LogP contribution in [-0.2, 0) is 9.53 Å². The van der Waals surface area contributed by atoms with Gasteiger partial charge in [-0.25, -0.2) is 9.78 Å². The summed E-state index contributed by atoms with van der Waals surface area (Å²) in [6, 6.07) is 0. The zero-order valence-corrected chi connectivity index (χ0v) is 9.39. The highest BCUT2D eigenvalue weighted by Crippen LogP contribution is 2.23. The maximum Gasteiger partial charge on any atom is 0.338 e. The number of aliphatic hydroxyl groups is 1.